The van der Waals surface area contributed by atoms with Gasteiger partial charge in [-0.3, -0.25) is 0 Å². The van der Waals surface area contributed by atoms with Gasteiger partial charge >= 0.3 is 5.95 Å². The van der Waals surface area contributed by atoms with E-state index < -0.39 is 0 Å². The van der Waals surface area contributed by atoms with Crippen LogP contribution in [0.25, 0.3) is 17.0 Å². The Labute approximate surface area is 173 Å². The summed E-state index contributed by atoms with van der Waals surface area (Å²) in [6, 6.07) is 28.9. The van der Waals surface area contributed by atoms with Crippen LogP contribution in [0.4, 0.5) is 11.4 Å². The van der Waals surface area contributed by atoms with Crippen LogP contribution in [-0.4, -0.2) is 9.97 Å². The highest BCUT2D eigenvalue weighted by molar-refractivity contribution is 5.75. The first-order chi connectivity index (χ1) is 14.8. The van der Waals surface area contributed by atoms with Gasteiger partial charge in [0, 0.05) is 0 Å². The van der Waals surface area contributed by atoms with E-state index in [0.717, 1.165) is 34.1 Å². The summed E-state index contributed by atoms with van der Waals surface area (Å²) >= 11 is 0. The summed E-state index contributed by atoms with van der Waals surface area (Å²) in [7, 11) is 0. The molecule has 0 spiro atoms. The zero-order valence-electron chi connectivity index (χ0n) is 16.0. The van der Waals surface area contributed by atoms with Crippen molar-refractivity contribution in [1.82, 2.24) is 9.97 Å². The number of benzene rings is 3. The molecule has 2 heterocycles. The molecule has 5 aromatic rings. The first kappa shape index (κ1) is 17.8. The molecular weight excluding hydrogens is 374 g/mol. The number of fused-ring (bicyclic) bond motifs is 1. The number of hydrogen-bond donors (Lipinski definition) is 1. The van der Waals surface area contributed by atoms with E-state index in [1.165, 1.54) is 0 Å². The first-order valence-corrected chi connectivity index (χ1v) is 9.55. The molecule has 6 nitrogen and oxygen atoms in total. The lowest BCUT2D eigenvalue weighted by molar-refractivity contribution is -0.603. The van der Waals surface area contributed by atoms with Crippen molar-refractivity contribution in [2.45, 2.75) is 0 Å². The highest BCUT2D eigenvalue weighted by atomic mass is 16.5. The molecule has 3 aromatic carbocycles. The van der Waals surface area contributed by atoms with Crippen molar-refractivity contribution in [3.8, 4) is 17.4 Å². The topological polar surface area (TPSA) is 66.5 Å². The minimum absolute atomic E-state index is 0.705. The molecule has 5 rings (SSSR count). The van der Waals surface area contributed by atoms with Crippen molar-refractivity contribution in [3.05, 3.63) is 103 Å². The van der Waals surface area contributed by atoms with E-state index in [1.807, 2.05) is 108 Å². The quantitative estimate of drug-likeness (QED) is 0.292. The Morgan fingerprint density at radius 1 is 0.700 bits per heavy atom. The molecule has 0 aliphatic rings. The van der Waals surface area contributed by atoms with Crippen molar-refractivity contribution in [2.75, 3.05) is 0 Å². The average Bonchev–Trinajstić information content (AvgIpc) is 3.24. The summed E-state index contributed by atoms with van der Waals surface area (Å²) in [5, 5.41) is 8.48. The molecule has 6 heteroatoms. The van der Waals surface area contributed by atoms with Gasteiger partial charge in [0.05, 0.1) is 17.6 Å². The van der Waals surface area contributed by atoms with Crippen LogP contribution in [-0.2, 0) is 0 Å². The van der Waals surface area contributed by atoms with Gasteiger partial charge in [0.25, 0.3) is 0 Å². The Morgan fingerprint density at radius 3 is 2.23 bits per heavy atom. The molecule has 0 saturated carbocycles. The molecule has 30 heavy (non-hydrogen) atoms. The van der Waals surface area contributed by atoms with E-state index in [4.69, 9.17) is 4.74 Å². The van der Waals surface area contributed by atoms with Crippen molar-refractivity contribution in [3.63, 3.8) is 0 Å². The smallest absolute Gasteiger partial charge is 0.401 e. The van der Waals surface area contributed by atoms with Crippen LogP contribution < -0.4 is 9.30 Å². The third-order valence-corrected chi connectivity index (χ3v) is 4.50. The van der Waals surface area contributed by atoms with E-state index in [1.54, 1.807) is 0 Å². The summed E-state index contributed by atoms with van der Waals surface area (Å²) in [4.78, 5) is 7.93. The number of aromatic nitrogens is 3. The highest BCUT2D eigenvalue weighted by Crippen LogP contribution is 2.24. The van der Waals surface area contributed by atoms with Gasteiger partial charge < -0.3 is 4.74 Å². The van der Waals surface area contributed by atoms with Crippen LogP contribution in [0.15, 0.2) is 114 Å². The van der Waals surface area contributed by atoms with E-state index in [-0.39, 0.29) is 0 Å². The van der Waals surface area contributed by atoms with E-state index >= 15 is 0 Å². The Kier molecular flexibility index (Phi) is 4.72. The Morgan fingerprint density at radius 2 is 1.43 bits per heavy atom. The molecule has 2 aromatic heterocycles. The van der Waals surface area contributed by atoms with Crippen LogP contribution in [0.2, 0.25) is 0 Å². The lowest BCUT2D eigenvalue weighted by Gasteiger charge is -2.05. The predicted molar refractivity (Wildman–Crippen MR) is 115 cm³/mol. The summed E-state index contributed by atoms with van der Waals surface area (Å²) in [6.07, 6.45) is 3.82. The minimum Gasteiger partial charge on any atom is -0.454 e. The molecule has 144 valence electrons. The molecule has 0 bridgehead atoms. The van der Waals surface area contributed by atoms with Gasteiger partial charge in [-0.15, -0.1) is 0 Å². The first-order valence-electron chi connectivity index (χ1n) is 9.55. The van der Waals surface area contributed by atoms with Gasteiger partial charge in [0.1, 0.15) is 17.5 Å². The number of hydrogen-bond acceptors (Lipinski definition) is 4. The molecule has 0 unspecified atom stereocenters. The zero-order chi connectivity index (χ0) is 20.2. The van der Waals surface area contributed by atoms with Gasteiger partial charge in [-0.05, 0) is 60.7 Å². The summed E-state index contributed by atoms with van der Waals surface area (Å²) < 4.78 is 7.90. The molecule has 0 aliphatic heterocycles. The van der Waals surface area contributed by atoms with Gasteiger partial charge in [-0.2, -0.15) is 10.2 Å². The third kappa shape index (κ3) is 3.93. The molecule has 0 saturated heterocycles. The second kappa shape index (κ2) is 7.97. The standard InChI is InChI=1S/C24H18N5O/c1-2-7-18(8-3-1)27-28-19-12-14-20(15-13-19)30-21-9-6-16-29(17-21)24-25-22-10-4-5-11-23(22)26-24/h1-17H,(H,25,26)/q+1. The molecule has 1 N–H and O–H groups in total. The lowest BCUT2D eigenvalue weighted by Crippen LogP contribution is -2.31. The number of para-hydroxylation sites is 2. The normalized spacial score (nSPS) is 11.2. The van der Waals surface area contributed by atoms with Gasteiger partial charge in [-0.25, -0.2) is 9.55 Å². The number of nitrogens with zero attached hydrogens (tertiary/aromatic N) is 4. The van der Waals surface area contributed by atoms with Gasteiger partial charge in [-0.1, -0.05) is 35.3 Å². The van der Waals surface area contributed by atoms with E-state index in [2.05, 4.69) is 20.2 Å². The minimum atomic E-state index is 0.705. The Balaban J connectivity index is 1.32. The molecular formula is C24H18N5O+. The number of imidazole rings is 1. The molecule has 0 fully saturated rings. The number of H-pyrrole nitrogens is 1. The van der Waals surface area contributed by atoms with Crippen molar-refractivity contribution < 1.29 is 9.30 Å². The fourth-order valence-corrected chi connectivity index (χ4v) is 3.03. The largest absolute Gasteiger partial charge is 0.454 e. The van der Waals surface area contributed by atoms with E-state index in [9.17, 15) is 0 Å². The number of azo groups is 1. The van der Waals surface area contributed by atoms with Crippen LogP contribution in [0.3, 0.4) is 0 Å². The summed E-state index contributed by atoms with van der Waals surface area (Å²) in [6.45, 7) is 0. The summed E-state index contributed by atoms with van der Waals surface area (Å²) in [5.41, 5.74) is 3.49. The monoisotopic (exact) mass is 392 g/mol. The second-order valence-electron chi connectivity index (χ2n) is 6.66. The number of aromatic amines is 1. The number of pyridine rings is 1. The maximum absolute atomic E-state index is 6.00. The highest BCUT2D eigenvalue weighted by Gasteiger charge is 2.13. The van der Waals surface area contributed by atoms with Gasteiger partial charge in [0.2, 0.25) is 0 Å². The van der Waals surface area contributed by atoms with Gasteiger partial charge in [0.15, 0.2) is 11.3 Å². The van der Waals surface area contributed by atoms with Crippen molar-refractivity contribution in [1.29, 1.82) is 0 Å². The van der Waals surface area contributed by atoms with Crippen molar-refractivity contribution in [2.24, 2.45) is 10.2 Å². The lowest BCUT2D eigenvalue weighted by atomic mass is 10.3. The third-order valence-electron chi connectivity index (χ3n) is 4.50. The number of rotatable bonds is 5. The zero-order valence-corrected chi connectivity index (χ0v) is 16.0. The number of ether oxygens (including phenoxy) is 1. The second-order valence-corrected chi connectivity index (χ2v) is 6.66. The number of nitrogens with one attached hydrogen (secondary N) is 1. The maximum Gasteiger partial charge on any atom is 0.401 e. The predicted octanol–water partition coefficient (Wildman–Crippen LogP) is 6.05. The molecule has 0 atom stereocenters. The average molecular weight is 392 g/mol. The molecule has 0 radical (unpaired) electrons. The van der Waals surface area contributed by atoms with Crippen molar-refractivity contribution >= 4 is 22.4 Å². The van der Waals surface area contributed by atoms with Crippen LogP contribution >= 0.6 is 0 Å². The maximum atomic E-state index is 6.00. The molecule has 0 aliphatic carbocycles. The SMILES string of the molecule is c1ccc(N=Nc2ccc(Oc3ccc[n+](-c4nc5ccccc5[nH]4)c3)cc2)cc1. The van der Waals surface area contributed by atoms with Crippen LogP contribution in [0.5, 0.6) is 11.5 Å². The Hall–Kier alpha value is -4.32. The Bertz CT molecular complexity index is 1280. The summed E-state index contributed by atoms with van der Waals surface area (Å²) in [5.74, 6) is 2.16. The fraction of sp³-hybridized carbons (Fsp3) is 0. The van der Waals surface area contributed by atoms with Crippen LogP contribution in [0.1, 0.15) is 0 Å². The van der Waals surface area contributed by atoms with E-state index in [0.29, 0.717) is 5.75 Å². The molecule has 0 amide bonds. The van der Waals surface area contributed by atoms with Crippen LogP contribution in [0, 0.1) is 0 Å². The fourth-order valence-electron chi connectivity index (χ4n) is 3.03.